The molecule has 2 aromatic heterocycles. The van der Waals surface area contributed by atoms with Crippen LogP contribution in [0, 0.1) is 6.92 Å². The number of ether oxygens (including phenoxy) is 1. The number of carbonyl (C=O) groups is 1. The zero-order valence-corrected chi connectivity index (χ0v) is 15.0. The molecule has 8 heteroatoms. The number of aromatic nitrogens is 3. The summed E-state index contributed by atoms with van der Waals surface area (Å²) >= 11 is 0. The number of anilines is 1. The summed E-state index contributed by atoms with van der Waals surface area (Å²) < 4.78 is 12.7. The van der Waals surface area contributed by atoms with Gasteiger partial charge in [-0.2, -0.15) is 4.98 Å². The molecule has 0 radical (unpaired) electrons. The van der Waals surface area contributed by atoms with Gasteiger partial charge < -0.3 is 24.5 Å². The van der Waals surface area contributed by atoms with Crippen molar-refractivity contribution in [3.63, 3.8) is 0 Å². The van der Waals surface area contributed by atoms with Crippen LogP contribution in [0.5, 0.6) is 0 Å². The molecular weight excluding hydrogens is 346 g/mol. The first kappa shape index (κ1) is 17.3. The van der Waals surface area contributed by atoms with Crippen LogP contribution in [-0.4, -0.2) is 27.3 Å². The highest BCUT2D eigenvalue weighted by Gasteiger charge is 2.23. The van der Waals surface area contributed by atoms with E-state index in [1.165, 1.54) is 0 Å². The van der Waals surface area contributed by atoms with Crippen LogP contribution in [0.15, 0.2) is 47.2 Å². The minimum absolute atomic E-state index is 0.126. The Morgan fingerprint density at radius 3 is 2.93 bits per heavy atom. The van der Waals surface area contributed by atoms with E-state index in [0.29, 0.717) is 18.3 Å². The second-order valence-electron chi connectivity index (χ2n) is 6.40. The minimum Gasteiger partial charge on any atom is -0.368 e. The fourth-order valence-electron chi connectivity index (χ4n) is 3.10. The molecule has 3 heterocycles. The monoisotopic (exact) mass is 367 g/mol. The Hall–Kier alpha value is -3.13. The molecule has 2 amide bonds. The summed E-state index contributed by atoms with van der Waals surface area (Å²) in [5.41, 5.74) is 2.73. The van der Waals surface area contributed by atoms with Gasteiger partial charge in [-0.05, 0) is 49.6 Å². The van der Waals surface area contributed by atoms with Gasteiger partial charge in [0.05, 0.1) is 6.54 Å². The Morgan fingerprint density at radius 2 is 2.15 bits per heavy atom. The van der Waals surface area contributed by atoms with E-state index in [2.05, 4.69) is 20.8 Å². The predicted molar refractivity (Wildman–Crippen MR) is 98.6 cm³/mol. The van der Waals surface area contributed by atoms with Crippen molar-refractivity contribution in [1.29, 1.82) is 0 Å². The molecule has 2 N–H and O–H groups in total. The van der Waals surface area contributed by atoms with Crippen molar-refractivity contribution in [3.8, 4) is 5.69 Å². The lowest BCUT2D eigenvalue weighted by atomic mass is 10.1. The first-order valence-corrected chi connectivity index (χ1v) is 8.92. The Morgan fingerprint density at radius 1 is 1.30 bits per heavy atom. The maximum atomic E-state index is 12.3. The fraction of sp³-hybridized carbons (Fsp3) is 0.316. The molecule has 1 fully saturated rings. The van der Waals surface area contributed by atoms with Gasteiger partial charge in [-0.1, -0.05) is 11.2 Å². The third kappa shape index (κ3) is 3.85. The summed E-state index contributed by atoms with van der Waals surface area (Å²) in [6.07, 6.45) is 5.68. The number of urea groups is 1. The van der Waals surface area contributed by atoms with E-state index in [1.807, 2.05) is 54.2 Å². The van der Waals surface area contributed by atoms with Crippen LogP contribution in [0.25, 0.3) is 5.69 Å². The topological polar surface area (TPSA) is 94.2 Å². The van der Waals surface area contributed by atoms with Crippen LogP contribution >= 0.6 is 0 Å². The molecule has 3 aromatic rings. The molecule has 4 rings (SSSR count). The number of nitrogens with zero attached hydrogens (tertiary/aromatic N) is 3. The summed E-state index contributed by atoms with van der Waals surface area (Å²) in [4.78, 5) is 16.5. The molecule has 1 aliphatic rings. The van der Waals surface area contributed by atoms with Gasteiger partial charge >= 0.3 is 6.03 Å². The Kier molecular flexibility index (Phi) is 4.88. The average molecular weight is 367 g/mol. The van der Waals surface area contributed by atoms with Crippen molar-refractivity contribution in [2.24, 2.45) is 0 Å². The van der Waals surface area contributed by atoms with E-state index < -0.39 is 0 Å². The minimum atomic E-state index is -0.328. The Labute approximate surface area is 156 Å². The summed E-state index contributed by atoms with van der Waals surface area (Å²) in [5, 5.41) is 9.51. The highest BCUT2D eigenvalue weighted by atomic mass is 16.5. The molecule has 1 aromatic carbocycles. The van der Waals surface area contributed by atoms with Gasteiger partial charge in [0.25, 0.3) is 5.89 Å². The van der Waals surface area contributed by atoms with Crippen LogP contribution in [0.2, 0.25) is 0 Å². The van der Waals surface area contributed by atoms with E-state index >= 15 is 0 Å². The number of rotatable bonds is 5. The Balaban J connectivity index is 1.36. The number of nitrogens with one attached hydrogen (secondary N) is 2. The van der Waals surface area contributed by atoms with E-state index in [0.717, 1.165) is 29.8 Å². The SMILES string of the molecule is Cc1c(NC(=O)NCc2noc([C@@H]3CCCO3)n2)cccc1-n1cccc1. The lowest BCUT2D eigenvalue weighted by Crippen LogP contribution is -2.29. The average Bonchev–Trinajstić information content (AvgIpc) is 3.42. The van der Waals surface area contributed by atoms with Crippen molar-refractivity contribution >= 4 is 11.7 Å². The van der Waals surface area contributed by atoms with Crippen LogP contribution in [0.4, 0.5) is 10.5 Å². The van der Waals surface area contributed by atoms with Gasteiger partial charge in [0.15, 0.2) is 5.82 Å². The van der Waals surface area contributed by atoms with E-state index in [-0.39, 0.29) is 18.7 Å². The fourth-order valence-corrected chi connectivity index (χ4v) is 3.10. The molecule has 1 saturated heterocycles. The summed E-state index contributed by atoms with van der Waals surface area (Å²) in [5.74, 6) is 0.897. The zero-order chi connectivity index (χ0) is 18.6. The molecule has 1 atom stereocenters. The second kappa shape index (κ2) is 7.63. The molecule has 0 aliphatic carbocycles. The van der Waals surface area contributed by atoms with Gasteiger partial charge in [0, 0.05) is 30.4 Å². The first-order chi connectivity index (χ1) is 13.2. The molecule has 140 valence electrons. The number of carbonyl (C=O) groups excluding carboxylic acids is 1. The predicted octanol–water partition coefficient (Wildman–Crippen LogP) is 3.34. The molecule has 0 spiro atoms. The largest absolute Gasteiger partial charge is 0.368 e. The Bertz CT molecular complexity index is 913. The van der Waals surface area contributed by atoms with Gasteiger partial charge in [0.1, 0.15) is 6.10 Å². The second-order valence-corrected chi connectivity index (χ2v) is 6.40. The number of benzene rings is 1. The van der Waals surface area contributed by atoms with Gasteiger partial charge in [-0.25, -0.2) is 4.79 Å². The third-order valence-electron chi connectivity index (χ3n) is 4.53. The van der Waals surface area contributed by atoms with E-state index in [1.54, 1.807) is 0 Å². The normalized spacial score (nSPS) is 16.4. The van der Waals surface area contributed by atoms with Gasteiger partial charge in [0.2, 0.25) is 0 Å². The smallest absolute Gasteiger partial charge is 0.319 e. The number of amides is 2. The van der Waals surface area contributed by atoms with E-state index in [4.69, 9.17) is 9.26 Å². The lowest BCUT2D eigenvalue weighted by molar-refractivity contribution is 0.0835. The van der Waals surface area contributed by atoms with Crippen LogP contribution < -0.4 is 10.6 Å². The van der Waals surface area contributed by atoms with Crippen molar-refractivity contribution in [2.45, 2.75) is 32.4 Å². The first-order valence-electron chi connectivity index (χ1n) is 8.92. The highest BCUT2D eigenvalue weighted by molar-refractivity contribution is 5.90. The molecule has 0 bridgehead atoms. The highest BCUT2D eigenvalue weighted by Crippen LogP contribution is 2.27. The number of hydrogen-bond acceptors (Lipinski definition) is 5. The zero-order valence-electron chi connectivity index (χ0n) is 15.0. The molecule has 0 unspecified atom stereocenters. The molecule has 27 heavy (non-hydrogen) atoms. The van der Waals surface area contributed by atoms with Crippen LogP contribution in [0.1, 0.15) is 36.2 Å². The van der Waals surface area contributed by atoms with Gasteiger partial charge in [-0.3, -0.25) is 0 Å². The van der Waals surface area contributed by atoms with Crippen LogP contribution in [0.3, 0.4) is 0 Å². The quantitative estimate of drug-likeness (QED) is 0.721. The molecule has 8 nitrogen and oxygen atoms in total. The van der Waals surface area contributed by atoms with Crippen molar-refractivity contribution in [1.82, 2.24) is 20.0 Å². The molecular formula is C19H21N5O3. The maximum Gasteiger partial charge on any atom is 0.319 e. The summed E-state index contributed by atoms with van der Waals surface area (Å²) in [6, 6.07) is 9.37. The maximum absolute atomic E-state index is 12.3. The number of hydrogen-bond donors (Lipinski definition) is 2. The van der Waals surface area contributed by atoms with Crippen LogP contribution in [-0.2, 0) is 11.3 Å². The van der Waals surface area contributed by atoms with Crippen molar-refractivity contribution in [3.05, 3.63) is 60.0 Å². The van der Waals surface area contributed by atoms with Gasteiger partial charge in [-0.15, -0.1) is 0 Å². The third-order valence-corrected chi connectivity index (χ3v) is 4.53. The van der Waals surface area contributed by atoms with E-state index in [9.17, 15) is 4.79 Å². The molecule has 1 aliphatic heterocycles. The summed E-state index contributed by atoms with van der Waals surface area (Å²) in [7, 11) is 0. The van der Waals surface area contributed by atoms with Crippen molar-refractivity contribution in [2.75, 3.05) is 11.9 Å². The standard InChI is InChI=1S/C19H21N5O3/c1-13-14(6-4-7-15(13)24-9-2-3-10-24)21-19(25)20-12-17-22-18(27-23-17)16-8-5-11-26-16/h2-4,6-7,9-10,16H,5,8,11-12H2,1H3,(H2,20,21,25)/t16-/m0/s1. The summed E-state index contributed by atoms with van der Waals surface area (Å²) in [6.45, 7) is 2.86. The van der Waals surface area contributed by atoms with Crippen molar-refractivity contribution < 1.29 is 14.1 Å². The molecule has 0 saturated carbocycles. The lowest BCUT2D eigenvalue weighted by Gasteiger charge is -2.13.